The number of aromatic nitrogens is 2. The van der Waals surface area contributed by atoms with Crippen molar-refractivity contribution in [3.63, 3.8) is 0 Å². The van der Waals surface area contributed by atoms with Gasteiger partial charge in [-0.25, -0.2) is 0 Å². The third-order valence-corrected chi connectivity index (χ3v) is 4.97. The SMILES string of the molecule is CCOCC(=O)N1CCC(c2nc(CCOCC3CCOCC3)no2)C1. The van der Waals surface area contributed by atoms with Crippen LogP contribution in [-0.2, 0) is 25.4 Å². The molecule has 2 aliphatic heterocycles. The van der Waals surface area contributed by atoms with E-state index in [-0.39, 0.29) is 18.4 Å². The quantitative estimate of drug-likeness (QED) is 0.610. The van der Waals surface area contributed by atoms with Crippen LogP contribution in [0.4, 0.5) is 0 Å². The van der Waals surface area contributed by atoms with Crippen molar-refractivity contribution in [2.45, 2.75) is 38.5 Å². The highest BCUT2D eigenvalue weighted by molar-refractivity contribution is 5.77. The van der Waals surface area contributed by atoms with Gasteiger partial charge >= 0.3 is 0 Å². The van der Waals surface area contributed by atoms with Crippen LogP contribution in [0.5, 0.6) is 0 Å². The second-order valence-corrected chi connectivity index (χ2v) is 6.89. The summed E-state index contributed by atoms with van der Waals surface area (Å²) in [6.07, 6.45) is 3.64. The number of hydrogen-bond donors (Lipinski definition) is 0. The molecule has 1 unspecified atom stereocenters. The lowest BCUT2D eigenvalue weighted by molar-refractivity contribution is -0.134. The van der Waals surface area contributed by atoms with Crippen molar-refractivity contribution in [3.8, 4) is 0 Å². The molecule has 1 aromatic rings. The summed E-state index contributed by atoms with van der Waals surface area (Å²) < 4.78 is 21.7. The summed E-state index contributed by atoms with van der Waals surface area (Å²) in [5, 5.41) is 4.05. The molecule has 8 heteroatoms. The molecule has 2 aliphatic rings. The zero-order valence-electron chi connectivity index (χ0n) is 15.5. The van der Waals surface area contributed by atoms with Crippen LogP contribution < -0.4 is 0 Å². The molecule has 0 N–H and O–H groups in total. The Morgan fingerprint density at radius 3 is 2.92 bits per heavy atom. The summed E-state index contributed by atoms with van der Waals surface area (Å²) in [5.74, 6) is 2.03. The van der Waals surface area contributed by atoms with Crippen LogP contribution in [0.15, 0.2) is 4.52 Å². The minimum atomic E-state index is 0.0237. The van der Waals surface area contributed by atoms with Gasteiger partial charge in [-0.2, -0.15) is 4.98 Å². The van der Waals surface area contributed by atoms with E-state index in [1.165, 1.54) is 0 Å². The molecule has 0 aliphatic carbocycles. The molecule has 0 radical (unpaired) electrons. The molecule has 3 heterocycles. The Hall–Kier alpha value is -1.51. The van der Waals surface area contributed by atoms with Crippen LogP contribution in [0, 0.1) is 5.92 Å². The first-order chi connectivity index (χ1) is 12.8. The van der Waals surface area contributed by atoms with Gasteiger partial charge in [0.1, 0.15) is 6.61 Å². The van der Waals surface area contributed by atoms with Gasteiger partial charge in [0.15, 0.2) is 5.82 Å². The van der Waals surface area contributed by atoms with Crippen molar-refractivity contribution < 1.29 is 23.5 Å². The molecule has 2 saturated heterocycles. The molecular formula is C18H29N3O5. The number of nitrogens with zero attached hydrogens (tertiary/aromatic N) is 3. The predicted molar refractivity (Wildman–Crippen MR) is 92.8 cm³/mol. The second-order valence-electron chi connectivity index (χ2n) is 6.89. The van der Waals surface area contributed by atoms with E-state index < -0.39 is 0 Å². The Morgan fingerprint density at radius 1 is 1.27 bits per heavy atom. The van der Waals surface area contributed by atoms with Crippen molar-refractivity contribution in [2.24, 2.45) is 5.92 Å². The molecule has 1 aromatic heterocycles. The number of ether oxygens (including phenoxy) is 3. The Balaban J connectivity index is 1.37. The highest BCUT2D eigenvalue weighted by Gasteiger charge is 2.31. The highest BCUT2D eigenvalue weighted by Crippen LogP contribution is 2.26. The number of carbonyl (C=O) groups is 1. The minimum Gasteiger partial charge on any atom is -0.381 e. The number of amides is 1. The maximum Gasteiger partial charge on any atom is 0.248 e. The Kier molecular flexibility index (Phi) is 7.40. The van der Waals surface area contributed by atoms with Crippen LogP contribution in [0.3, 0.4) is 0 Å². The molecule has 0 bridgehead atoms. The zero-order valence-corrected chi connectivity index (χ0v) is 15.5. The van der Waals surface area contributed by atoms with E-state index in [1.54, 1.807) is 4.90 Å². The third kappa shape index (κ3) is 5.49. The van der Waals surface area contributed by atoms with Crippen molar-refractivity contribution in [3.05, 3.63) is 11.7 Å². The van der Waals surface area contributed by atoms with Crippen LogP contribution in [0.1, 0.15) is 43.8 Å². The molecule has 0 saturated carbocycles. The summed E-state index contributed by atoms with van der Waals surface area (Å²) in [6.45, 7) is 6.95. The van der Waals surface area contributed by atoms with Gasteiger partial charge in [-0.15, -0.1) is 0 Å². The van der Waals surface area contributed by atoms with Crippen molar-refractivity contribution in [1.29, 1.82) is 0 Å². The van der Waals surface area contributed by atoms with Crippen LogP contribution >= 0.6 is 0 Å². The van der Waals surface area contributed by atoms with Crippen LogP contribution in [0.25, 0.3) is 0 Å². The molecule has 8 nitrogen and oxygen atoms in total. The minimum absolute atomic E-state index is 0.0237. The lowest BCUT2D eigenvalue weighted by atomic mass is 10.0. The normalized spacial score (nSPS) is 21.4. The first kappa shape index (κ1) is 19.3. The van der Waals surface area contributed by atoms with E-state index in [2.05, 4.69) is 10.1 Å². The van der Waals surface area contributed by atoms with Gasteiger partial charge in [-0.1, -0.05) is 5.16 Å². The molecule has 3 rings (SSSR count). The zero-order chi connectivity index (χ0) is 18.2. The summed E-state index contributed by atoms with van der Waals surface area (Å²) in [6, 6.07) is 0. The van der Waals surface area contributed by atoms with Gasteiger partial charge in [-0.05, 0) is 32.1 Å². The van der Waals surface area contributed by atoms with E-state index in [0.717, 1.165) is 39.1 Å². The average molecular weight is 367 g/mol. The number of hydrogen-bond acceptors (Lipinski definition) is 7. The topological polar surface area (TPSA) is 86.9 Å². The Labute approximate surface area is 154 Å². The fourth-order valence-corrected chi connectivity index (χ4v) is 3.33. The molecular weight excluding hydrogens is 338 g/mol. The summed E-state index contributed by atoms with van der Waals surface area (Å²) >= 11 is 0. The number of likely N-dealkylation sites (tertiary alicyclic amines) is 1. The van der Waals surface area contributed by atoms with Crippen LogP contribution in [0.2, 0.25) is 0 Å². The lowest BCUT2D eigenvalue weighted by Crippen LogP contribution is -2.31. The van der Waals surface area contributed by atoms with Gasteiger partial charge < -0.3 is 23.6 Å². The van der Waals surface area contributed by atoms with Gasteiger partial charge in [0.2, 0.25) is 11.8 Å². The lowest BCUT2D eigenvalue weighted by Gasteiger charge is -2.21. The standard InChI is InChI=1S/C18H29N3O5/c1-2-23-13-17(22)21-7-3-15(11-21)18-19-16(20-26-18)6-10-25-12-14-4-8-24-9-5-14/h14-15H,2-13H2,1H3. The Morgan fingerprint density at radius 2 is 2.12 bits per heavy atom. The molecule has 2 fully saturated rings. The largest absolute Gasteiger partial charge is 0.381 e. The van der Waals surface area contributed by atoms with Gasteiger partial charge in [0, 0.05) is 45.9 Å². The van der Waals surface area contributed by atoms with Crippen molar-refractivity contribution in [2.75, 3.05) is 52.7 Å². The first-order valence-electron chi connectivity index (χ1n) is 9.59. The van der Waals surface area contributed by atoms with E-state index in [1.807, 2.05) is 6.92 Å². The maximum atomic E-state index is 12.0. The number of rotatable bonds is 9. The molecule has 0 aromatic carbocycles. The van der Waals surface area contributed by atoms with E-state index >= 15 is 0 Å². The fraction of sp³-hybridized carbons (Fsp3) is 0.833. The maximum absolute atomic E-state index is 12.0. The summed E-state index contributed by atoms with van der Waals surface area (Å²) in [7, 11) is 0. The first-order valence-corrected chi connectivity index (χ1v) is 9.59. The van der Waals surface area contributed by atoms with Crippen LogP contribution in [-0.4, -0.2) is 73.7 Å². The average Bonchev–Trinajstić information content (AvgIpc) is 3.33. The van der Waals surface area contributed by atoms with E-state index in [9.17, 15) is 4.79 Å². The van der Waals surface area contributed by atoms with E-state index in [0.29, 0.717) is 50.4 Å². The molecule has 1 amide bonds. The van der Waals surface area contributed by atoms with Gasteiger partial charge in [0.05, 0.1) is 12.5 Å². The fourth-order valence-electron chi connectivity index (χ4n) is 3.33. The Bertz CT molecular complexity index is 559. The summed E-state index contributed by atoms with van der Waals surface area (Å²) in [4.78, 5) is 18.3. The monoisotopic (exact) mass is 367 g/mol. The smallest absolute Gasteiger partial charge is 0.248 e. The van der Waals surface area contributed by atoms with Gasteiger partial charge in [-0.3, -0.25) is 4.79 Å². The summed E-state index contributed by atoms with van der Waals surface area (Å²) in [5.41, 5.74) is 0. The van der Waals surface area contributed by atoms with Crippen molar-refractivity contribution in [1.82, 2.24) is 15.0 Å². The highest BCUT2D eigenvalue weighted by atomic mass is 16.5. The predicted octanol–water partition coefficient (Wildman–Crippen LogP) is 1.41. The molecule has 0 spiro atoms. The van der Waals surface area contributed by atoms with Gasteiger partial charge in [0.25, 0.3) is 0 Å². The molecule has 1 atom stereocenters. The molecule has 26 heavy (non-hydrogen) atoms. The van der Waals surface area contributed by atoms with E-state index in [4.69, 9.17) is 18.7 Å². The molecule has 146 valence electrons. The number of carbonyl (C=O) groups excluding carboxylic acids is 1. The second kappa shape index (κ2) is 9.99. The van der Waals surface area contributed by atoms with Crippen molar-refractivity contribution >= 4 is 5.91 Å². The third-order valence-electron chi connectivity index (χ3n) is 4.97.